The molecule has 0 aliphatic carbocycles. The highest BCUT2D eigenvalue weighted by Gasteiger charge is 2.32. The molecule has 1 aromatic carbocycles. The second-order valence-corrected chi connectivity index (χ2v) is 8.63. The molecule has 1 atom stereocenters. The van der Waals surface area contributed by atoms with Crippen LogP contribution in [0.2, 0.25) is 5.02 Å². The monoisotopic (exact) mass is 439 g/mol. The highest BCUT2D eigenvalue weighted by atomic mass is 35.5. The first-order valence-corrected chi connectivity index (χ1v) is 10.0. The Morgan fingerprint density at radius 1 is 1.30 bits per heavy atom. The second kappa shape index (κ2) is 8.05. The predicted molar refractivity (Wildman–Crippen MR) is 96.0 cm³/mol. The van der Waals surface area contributed by atoms with Gasteiger partial charge in [0.2, 0.25) is 15.9 Å². The van der Waals surface area contributed by atoms with E-state index in [2.05, 4.69) is 10.3 Å². The molecule has 0 radical (unpaired) electrons. The number of amides is 1. The summed E-state index contributed by atoms with van der Waals surface area (Å²) in [7, 11) is -3.84. The van der Waals surface area contributed by atoms with Crippen molar-refractivity contribution in [3.63, 3.8) is 0 Å². The maximum absolute atomic E-state index is 12.6. The van der Waals surface area contributed by atoms with Crippen LogP contribution in [0.1, 0.15) is 12.5 Å². The smallest absolute Gasteiger partial charge is 0.325 e. The summed E-state index contributed by atoms with van der Waals surface area (Å²) in [4.78, 5) is 15.8. The number of halogens is 4. The van der Waals surface area contributed by atoms with Gasteiger partial charge in [-0.3, -0.25) is 4.79 Å². The average Bonchev–Trinajstić information content (AvgIpc) is 2.55. The van der Waals surface area contributed by atoms with Crippen LogP contribution in [-0.4, -0.2) is 24.6 Å². The van der Waals surface area contributed by atoms with Crippen LogP contribution in [0.5, 0.6) is 0 Å². The molecule has 2 aromatic rings. The number of pyridine rings is 1. The SMILES string of the molecule is C[C@H](Sc1ncc(C(F)(F)F)cc1Cl)C(=O)Nc1ccc(S(N)(=O)=O)cc1. The zero-order chi connectivity index (χ0) is 20.4. The van der Waals surface area contributed by atoms with Crippen LogP contribution in [0.25, 0.3) is 0 Å². The minimum atomic E-state index is -4.56. The quantitative estimate of drug-likeness (QED) is 0.694. The summed E-state index contributed by atoms with van der Waals surface area (Å²) in [5.74, 6) is -0.471. The molecule has 6 nitrogen and oxygen atoms in total. The van der Waals surface area contributed by atoms with Gasteiger partial charge < -0.3 is 5.32 Å². The molecular weight excluding hydrogens is 427 g/mol. The summed E-state index contributed by atoms with van der Waals surface area (Å²) >= 11 is 6.71. The number of anilines is 1. The topological polar surface area (TPSA) is 102 Å². The van der Waals surface area contributed by atoms with E-state index in [1.807, 2.05) is 0 Å². The normalized spacial score (nSPS) is 13.3. The molecule has 0 aliphatic heterocycles. The van der Waals surface area contributed by atoms with Gasteiger partial charge in [-0.25, -0.2) is 18.5 Å². The first-order chi connectivity index (χ1) is 12.4. The van der Waals surface area contributed by atoms with Crippen molar-refractivity contribution in [2.24, 2.45) is 5.14 Å². The van der Waals surface area contributed by atoms with Crippen LogP contribution in [0, 0.1) is 0 Å². The van der Waals surface area contributed by atoms with Crippen molar-refractivity contribution < 1.29 is 26.4 Å². The van der Waals surface area contributed by atoms with E-state index in [1.54, 1.807) is 0 Å². The lowest BCUT2D eigenvalue weighted by atomic mass is 10.3. The number of thioether (sulfide) groups is 1. The number of nitrogens with zero attached hydrogens (tertiary/aromatic N) is 1. The third kappa shape index (κ3) is 5.83. The summed E-state index contributed by atoms with van der Waals surface area (Å²) in [6.45, 7) is 1.52. The molecule has 3 N–H and O–H groups in total. The van der Waals surface area contributed by atoms with Crippen LogP contribution in [0.3, 0.4) is 0 Å². The molecule has 2 rings (SSSR count). The van der Waals surface area contributed by atoms with E-state index in [1.165, 1.54) is 31.2 Å². The third-order valence-electron chi connectivity index (χ3n) is 3.24. The molecule has 27 heavy (non-hydrogen) atoms. The lowest BCUT2D eigenvalue weighted by Crippen LogP contribution is -2.22. The number of carbonyl (C=O) groups excluding carboxylic acids is 1. The van der Waals surface area contributed by atoms with E-state index in [4.69, 9.17) is 16.7 Å². The molecule has 1 heterocycles. The minimum absolute atomic E-state index is 0.0805. The maximum Gasteiger partial charge on any atom is 0.417 e. The fourth-order valence-corrected chi connectivity index (χ4v) is 3.46. The van der Waals surface area contributed by atoms with Crippen molar-refractivity contribution >= 4 is 45.0 Å². The Labute approximate surface area is 162 Å². The van der Waals surface area contributed by atoms with E-state index >= 15 is 0 Å². The van der Waals surface area contributed by atoms with Crippen LogP contribution in [0.4, 0.5) is 18.9 Å². The molecule has 0 fully saturated rings. The van der Waals surface area contributed by atoms with Crippen molar-refractivity contribution in [3.05, 3.63) is 47.1 Å². The lowest BCUT2D eigenvalue weighted by molar-refractivity contribution is -0.137. The number of nitrogens with one attached hydrogen (secondary N) is 1. The van der Waals surface area contributed by atoms with Crippen LogP contribution < -0.4 is 10.5 Å². The molecule has 0 spiro atoms. The van der Waals surface area contributed by atoms with E-state index in [0.717, 1.165) is 17.8 Å². The van der Waals surface area contributed by atoms with Gasteiger partial charge in [0, 0.05) is 11.9 Å². The van der Waals surface area contributed by atoms with E-state index in [9.17, 15) is 26.4 Å². The van der Waals surface area contributed by atoms with E-state index in [-0.39, 0.29) is 14.9 Å². The van der Waals surface area contributed by atoms with Crippen molar-refractivity contribution in [2.75, 3.05) is 5.32 Å². The number of aromatic nitrogens is 1. The predicted octanol–water partition coefficient (Wildman–Crippen LogP) is 3.52. The molecule has 0 unspecified atom stereocenters. The Balaban J connectivity index is 2.06. The summed E-state index contributed by atoms with van der Waals surface area (Å²) in [5.41, 5.74) is -0.657. The van der Waals surface area contributed by atoms with Gasteiger partial charge >= 0.3 is 6.18 Å². The molecule has 1 amide bonds. The zero-order valence-electron chi connectivity index (χ0n) is 13.6. The molecule has 1 aromatic heterocycles. The third-order valence-corrected chi connectivity index (χ3v) is 5.69. The van der Waals surface area contributed by atoms with Crippen LogP contribution >= 0.6 is 23.4 Å². The molecule has 0 saturated carbocycles. The highest BCUT2D eigenvalue weighted by Crippen LogP contribution is 2.35. The fraction of sp³-hybridized carbons (Fsp3) is 0.200. The van der Waals surface area contributed by atoms with Gasteiger partial charge in [0.25, 0.3) is 0 Å². The number of hydrogen-bond acceptors (Lipinski definition) is 5. The molecule has 12 heteroatoms. The van der Waals surface area contributed by atoms with Gasteiger partial charge in [-0.15, -0.1) is 0 Å². The number of hydrogen-bond donors (Lipinski definition) is 2. The Morgan fingerprint density at radius 3 is 2.37 bits per heavy atom. The molecule has 0 aliphatic rings. The van der Waals surface area contributed by atoms with Gasteiger partial charge in [0.15, 0.2) is 0 Å². The number of carbonyl (C=O) groups is 1. The van der Waals surface area contributed by atoms with Crippen LogP contribution in [-0.2, 0) is 21.0 Å². The lowest BCUT2D eigenvalue weighted by Gasteiger charge is -2.13. The number of nitrogens with two attached hydrogens (primary N) is 1. The summed E-state index contributed by atoms with van der Waals surface area (Å²) in [6.07, 6.45) is -3.92. The van der Waals surface area contributed by atoms with Crippen molar-refractivity contribution in [3.8, 4) is 0 Å². The molecule has 0 saturated heterocycles. The molecule has 146 valence electrons. The Bertz CT molecular complexity index is 951. The van der Waals surface area contributed by atoms with E-state index in [0.29, 0.717) is 11.9 Å². The van der Waals surface area contributed by atoms with Crippen molar-refractivity contribution in [1.29, 1.82) is 0 Å². The maximum atomic E-state index is 12.6. The number of sulfonamides is 1. The minimum Gasteiger partial charge on any atom is -0.325 e. The largest absolute Gasteiger partial charge is 0.417 e. The molecular formula is C15H13ClF3N3O3S2. The van der Waals surface area contributed by atoms with Gasteiger partial charge in [-0.2, -0.15) is 13.2 Å². The van der Waals surface area contributed by atoms with Gasteiger partial charge in [-0.05, 0) is 37.3 Å². The van der Waals surface area contributed by atoms with Crippen molar-refractivity contribution in [2.45, 2.75) is 28.3 Å². The first-order valence-electron chi connectivity index (χ1n) is 7.21. The highest BCUT2D eigenvalue weighted by molar-refractivity contribution is 8.00. The average molecular weight is 440 g/mol. The second-order valence-electron chi connectivity index (χ2n) is 5.33. The Morgan fingerprint density at radius 2 is 1.89 bits per heavy atom. The Hall–Kier alpha value is -1.82. The number of alkyl halides is 3. The zero-order valence-corrected chi connectivity index (χ0v) is 16.0. The Kier molecular flexibility index (Phi) is 6.40. The van der Waals surface area contributed by atoms with Crippen molar-refractivity contribution in [1.82, 2.24) is 4.98 Å². The van der Waals surface area contributed by atoms with E-state index < -0.39 is 32.9 Å². The van der Waals surface area contributed by atoms with Gasteiger partial charge in [0.1, 0.15) is 5.03 Å². The van der Waals surface area contributed by atoms with Gasteiger partial charge in [0.05, 0.1) is 20.7 Å². The summed E-state index contributed by atoms with van der Waals surface area (Å²) in [6, 6.07) is 5.93. The number of benzene rings is 1. The van der Waals surface area contributed by atoms with Crippen LogP contribution in [0.15, 0.2) is 46.5 Å². The standard InChI is InChI=1S/C15H13ClF3N3O3S2/c1-8(26-14-12(16)6-9(7-21-14)15(17,18)19)13(23)22-10-2-4-11(5-3-10)27(20,24)25/h2-8H,1H3,(H,22,23)(H2,20,24,25)/t8-/m0/s1. The first kappa shape index (κ1) is 21.5. The number of rotatable bonds is 5. The summed E-state index contributed by atoms with van der Waals surface area (Å²) in [5, 5.41) is 6.67. The fourth-order valence-electron chi connectivity index (χ4n) is 1.86. The number of primary sulfonamides is 1. The van der Waals surface area contributed by atoms with Gasteiger partial charge in [-0.1, -0.05) is 23.4 Å². The summed E-state index contributed by atoms with van der Waals surface area (Å²) < 4.78 is 60.2. The molecule has 0 bridgehead atoms.